The summed E-state index contributed by atoms with van der Waals surface area (Å²) in [7, 11) is 0. The molecule has 1 N–H and O–H groups in total. The van der Waals surface area contributed by atoms with Crippen LogP contribution < -0.4 is 10.2 Å². The van der Waals surface area contributed by atoms with Gasteiger partial charge in [-0.05, 0) is 65.7 Å². The zero-order valence-electron chi connectivity index (χ0n) is 22.7. The maximum atomic E-state index is 14.0. The first kappa shape index (κ1) is 26.1. The summed E-state index contributed by atoms with van der Waals surface area (Å²) in [5, 5.41) is 6.97. The molecule has 3 aromatic carbocycles. The van der Waals surface area contributed by atoms with E-state index in [1.54, 1.807) is 0 Å². The average molecular weight is 554 g/mol. The molecule has 1 amide bonds. The molecule has 1 aliphatic carbocycles. The number of thioether (sulfide) groups is 1. The van der Waals surface area contributed by atoms with Crippen molar-refractivity contribution in [2.24, 2.45) is 0 Å². The van der Waals surface area contributed by atoms with Crippen LogP contribution in [-0.4, -0.2) is 27.3 Å². The first-order valence-electron chi connectivity index (χ1n) is 14.2. The summed E-state index contributed by atoms with van der Waals surface area (Å²) in [6.45, 7) is 5.09. The highest BCUT2D eigenvalue weighted by Crippen LogP contribution is 2.60. The van der Waals surface area contributed by atoms with Gasteiger partial charge in [-0.1, -0.05) is 105 Å². The van der Waals surface area contributed by atoms with Crippen LogP contribution in [-0.2, 0) is 4.79 Å². The largest absolute Gasteiger partial charge is 0.366 e. The monoisotopic (exact) mass is 553 g/mol. The standard InChI is InChI=1S/C33H35N3OS2/c1-3-5-6-7-13-20-35-31(37)29(36(32(35)38)25-15-9-8-10-16-25)21-27-23(4-2)22-33(27)34-28-19-18-24-14-11-12-17-26(24)30(28)39-33/h8-12,14-19,21,34H,3-7,13,20,22H2,1-2H3. The second-order valence-electron chi connectivity index (χ2n) is 10.6. The van der Waals surface area contributed by atoms with Crippen molar-refractivity contribution in [2.45, 2.75) is 68.6 Å². The summed E-state index contributed by atoms with van der Waals surface area (Å²) in [6, 6.07) is 23.0. The van der Waals surface area contributed by atoms with E-state index in [4.69, 9.17) is 12.2 Å². The third kappa shape index (κ3) is 4.57. The van der Waals surface area contributed by atoms with Crippen molar-refractivity contribution in [1.82, 2.24) is 4.90 Å². The van der Waals surface area contributed by atoms with Crippen molar-refractivity contribution in [3.05, 3.63) is 89.6 Å². The van der Waals surface area contributed by atoms with Gasteiger partial charge in [-0.2, -0.15) is 0 Å². The molecular formula is C33H35N3OS2. The van der Waals surface area contributed by atoms with E-state index in [-0.39, 0.29) is 10.8 Å². The fourth-order valence-electron chi connectivity index (χ4n) is 5.98. The van der Waals surface area contributed by atoms with E-state index in [2.05, 4.69) is 61.6 Å². The van der Waals surface area contributed by atoms with E-state index in [9.17, 15) is 4.79 Å². The van der Waals surface area contributed by atoms with E-state index >= 15 is 0 Å². The smallest absolute Gasteiger partial charge is 0.277 e. The van der Waals surface area contributed by atoms with Crippen LogP contribution in [0, 0.1) is 0 Å². The molecule has 3 aliphatic rings. The molecule has 1 spiro atoms. The first-order valence-corrected chi connectivity index (χ1v) is 15.4. The minimum Gasteiger partial charge on any atom is -0.366 e. The van der Waals surface area contributed by atoms with Crippen molar-refractivity contribution in [2.75, 3.05) is 16.8 Å². The number of carbonyl (C=O) groups is 1. The van der Waals surface area contributed by atoms with E-state index < -0.39 is 0 Å². The zero-order chi connectivity index (χ0) is 27.0. The van der Waals surface area contributed by atoms with Gasteiger partial charge >= 0.3 is 0 Å². The van der Waals surface area contributed by atoms with E-state index in [0.29, 0.717) is 17.4 Å². The Labute approximate surface area is 241 Å². The van der Waals surface area contributed by atoms with Crippen LogP contribution in [0.3, 0.4) is 0 Å². The first-order chi connectivity index (χ1) is 19.1. The molecule has 1 atom stereocenters. The Balaban J connectivity index is 1.35. The SMILES string of the molecule is CCCCCCCN1C(=O)C(=CC2=C(CC)CC23Nc2ccc4ccccc4c2S3)N(c2ccccc2)C1=S. The van der Waals surface area contributed by atoms with Gasteiger partial charge in [-0.3, -0.25) is 14.6 Å². The average Bonchev–Trinajstić information content (AvgIpc) is 3.47. The Morgan fingerprint density at radius 1 is 0.974 bits per heavy atom. The van der Waals surface area contributed by atoms with E-state index in [1.165, 1.54) is 51.8 Å². The Morgan fingerprint density at radius 2 is 1.74 bits per heavy atom. The molecule has 1 saturated heterocycles. The molecule has 200 valence electrons. The summed E-state index contributed by atoms with van der Waals surface area (Å²) >= 11 is 7.85. The number of hydrogen-bond acceptors (Lipinski definition) is 4. The summed E-state index contributed by atoms with van der Waals surface area (Å²) in [5.41, 5.74) is 5.37. The molecule has 0 aromatic heterocycles. The second kappa shape index (κ2) is 10.8. The van der Waals surface area contributed by atoms with Crippen molar-refractivity contribution in [3.63, 3.8) is 0 Å². The van der Waals surface area contributed by atoms with Gasteiger partial charge in [0.15, 0.2) is 5.11 Å². The lowest BCUT2D eigenvalue weighted by atomic mass is 9.80. The summed E-state index contributed by atoms with van der Waals surface area (Å²) in [5.74, 6) is 0.00954. The van der Waals surface area contributed by atoms with Crippen molar-refractivity contribution >= 4 is 57.1 Å². The molecular weight excluding hydrogens is 519 g/mol. The number of anilines is 2. The second-order valence-corrected chi connectivity index (χ2v) is 12.3. The predicted molar refractivity (Wildman–Crippen MR) is 168 cm³/mol. The minimum absolute atomic E-state index is 0.00954. The molecule has 39 heavy (non-hydrogen) atoms. The number of fused-ring (bicyclic) bond motifs is 3. The normalized spacial score (nSPS) is 21.3. The van der Waals surface area contributed by atoms with E-state index in [1.807, 2.05) is 51.9 Å². The quantitative estimate of drug-likeness (QED) is 0.163. The third-order valence-corrected chi connectivity index (χ3v) is 9.97. The van der Waals surface area contributed by atoms with Crippen molar-refractivity contribution < 1.29 is 4.79 Å². The molecule has 4 nitrogen and oxygen atoms in total. The van der Waals surface area contributed by atoms with Crippen LogP contribution in [0.1, 0.15) is 58.8 Å². The summed E-state index contributed by atoms with van der Waals surface area (Å²) in [4.78, 5) is 18.8. The number of rotatable bonds is 9. The highest BCUT2D eigenvalue weighted by Gasteiger charge is 2.50. The topological polar surface area (TPSA) is 35.6 Å². The molecule has 2 aliphatic heterocycles. The van der Waals surface area contributed by atoms with Gasteiger partial charge in [0.1, 0.15) is 10.6 Å². The van der Waals surface area contributed by atoms with Crippen LogP contribution in [0.5, 0.6) is 0 Å². The molecule has 1 unspecified atom stereocenters. The Hall–Kier alpha value is -3.09. The van der Waals surface area contributed by atoms with Gasteiger partial charge in [-0.25, -0.2) is 0 Å². The number of nitrogens with zero attached hydrogens (tertiary/aromatic N) is 2. The molecule has 6 rings (SSSR count). The van der Waals surface area contributed by atoms with Gasteiger partial charge in [0.2, 0.25) is 0 Å². The van der Waals surface area contributed by atoms with Crippen LogP contribution in [0.2, 0.25) is 0 Å². The van der Waals surface area contributed by atoms with Gasteiger partial charge in [0, 0.05) is 29.2 Å². The number of unbranched alkanes of at least 4 members (excludes halogenated alkanes) is 4. The fourth-order valence-corrected chi connectivity index (χ4v) is 7.95. The molecule has 1 fully saturated rings. The Bertz CT molecular complexity index is 1500. The van der Waals surface area contributed by atoms with Crippen molar-refractivity contribution in [3.8, 4) is 0 Å². The molecule has 0 radical (unpaired) electrons. The Kier molecular flexibility index (Phi) is 7.25. The minimum atomic E-state index is -0.261. The Morgan fingerprint density at radius 3 is 2.54 bits per heavy atom. The number of thiocarbonyl (C=S) groups is 1. The summed E-state index contributed by atoms with van der Waals surface area (Å²) < 4.78 is 0. The predicted octanol–water partition coefficient (Wildman–Crippen LogP) is 8.65. The van der Waals surface area contributed by atoms with Gasteiger partial charge < -0.3 is 5.32 Å². The van der Waals surface area contributed by atoms with Crippen LogP contribution >= 0.6 is 24.0 Å². The zero-order valence-corrected chi connectivity index (χ0v) is 24.3. The van der Waals surface area contributed by atoms with Crippen LogP contribution in [0.15, 0.2) is 94.5 Å². The number of hydrogen-bond donors (Lipinski definition) is 1. The number of para-hydroxylation sites is 1. The maximum Gasteiger partial charge on any atom is 0.277 e. The van der Waals surface area contributed by atoms with Gasteiger partial charge in [0.25, 0.3) is 5.91 Å². The molecule has 0 saturated carbocycles. The van der Waals surface area contributed by atoms with Crippen LogP contribution in [0.4, 0.5) is 11.4 Å². The van der Waals surface area contributed by atoms with Gasteiger partial charge in [0.05, 0.1) is 0 Å². The molecule has 3 aromatic rings. The highest BCUT2D eigenvalue weighted by molar-refractivity contribution is 8.01. The number of nitrogens with one attached hydrogen (secondary N) is 1. The number of carbonyl (C=O) groups excluding carboxylic acids is 1. The molecule has 6 heteroatoms. The molecule has 2 heterocycles. The summed E-state index contributed by atoms with van der Waals surface area (Å²) in [6.07, 6.45) is 9.78. The fraction of sp³-hybridized carbons (Fsp3) is 0.333. The molecule has 0 bridgehead atoms. The number of amides is 1. The highest BCUT2D eigenvalue weighted by atomic mass is 32.2. The van der Waals surface area contributed by atoms with Crippen LogP contribution in [0.25, 0.3) is 10.8 Å². The maximum absolute atomic E-state index is 14.0. The lowest BCUT2D eigenvalue weighted by molar-refractivity contribution is -0.122. The lowest BCUT2D eigenvalue weighted by Gasteiger charge is -2.42. The lowest BCUT2D eigenvalue weighted by Crippen LogP contribution is -2.42. The van der Waals surface area contributed by atoms with E-state index in [0.717, 1.165) is 31.4 Å². The third-order valence-electron chi connectivity index (χ3n) is 8.11. The van der Waals surface area contributed by atoms with Gasteiger partial charge in [-0.15, -0.1) is 0 Å². The van der Waals surface area contributed by atoms with Crippen molar-refractivity contribution in [1.29, 1.82) is 0 Å². The number of benzene rings is 3.